The average Bonchev–Trinajstić information content (AvgIpc) is 2.69. The van der Waals surface area contributed by atoms with E-state index in [9.17, 15) is 0 Å². The highest BCUT2D eigenvalue weighted by molar-refractivity contribution is 7.11. The first-order chi connectivity index (χ1) is 7.36. The van der Waals surface area contributed by atoms with Gasteiger partial charge in [0.15, 0.2) is 0 Å². The zero-order valence-corrected chi connectivity index (χ0v) is 10.3. The normalized spacial score (nSPS) is 10.8. The molecule has 0 aliphatic heterocycles. The van der Waals surface area contributed by atoms with E-state index in [4.69, 9.17) is 4.74 Å². The van der Waals surface area contributed by atoms with Crippen LogP contribution in [0.4, 0.5) is 0 Å². The molecular weight excluding hydrogens is 210 g/mol. The lowest BCUT2D eigenvalue weighted by Crippen LogP contribution is -2.17. The number of hydrogen-bond acceptors (Lipinski definition) is 5. The Morgan fingerprint density at radius 3 is 2.73 bits per heavy atom. The summed E-state index contributed by atoms with van der Waals surface area (Å²) in [7, 11) is 0. The third-order valence-electron chi connectivity index (χ3n) is 1.88. The molecule has 1 rings (SSSR count). The molecule has 0 aromatic carbocycles. The Hall–Kier alpha value is -0.520. The standard InChI is InChI=1S/C10H19N3OS/c1-3-6-11-7-5-9-12-13-10(15-9)8-14-4-2/h11H,3-8H2,1-2H3. The number of nitrogens with zero attached hydrogens (tertiary/aromatic N) is 2. The summed E-state index contributed by atoms with van der Waals surface area (Å²) in [5.74, 6) is 0. The predicted molar refractivity (Wildman–Crippen MR) is 62.1 cm³/mol. The van der Waals surface area contributed by atoms with Crippen LogP contribution in [0.3, 0.4) is 0 Å². The largest absolute Gasteiger partial charge is 0.374 e. The lowest BCUT2D eigenvalue weighted by Gasteiger charge is -1.98. The SMILES string of the molecule is CCCNCCc1nnc(COCC)s1. The molecule has 0 amide bonds. The molecule has 0 bridgehead atoms. The molecule has 86 valence electrons. The first kappa shape index (κ1) is 12.5. The Bertz CT molecular complexity index is 265. The highest BCUT2D eigenvalue weighted by Gasteiger charge is 2.03. The van der Waals surface area contributed by atoms with Gasteiger partial charge >= 0.3 is 0 Å². The molecule has 1 aromatic rings. The van der Waals surface area contributed by atoms with Crippen molar-refractivity contribution in [3.63, 3.8) is 0 Å². The van der Waals surface area contributed by atoms with Crippen LogP contribution in [0.15, 0.2) is 0 Å². The summed E-state index contributed by atoms with van der Waals surface area (Å²) in [6.07, 6.45) is 2.13. The molecule has 5 heteroatoms. The first-order valence-electron chi connectivity index (χ1n) is 5.46. The van der Waals surface area contributed by atoms with E-state index in [0.29, 0.717) is 6.61 Å². The van der Waals surface area contributed by atoms with Crippen molar-refractivity contribution in [2.45, 2.75) is 33.3 Å². The van der Waals surface area contributed by atoms with Gasteiger partial charge < -0.3 is 10.1 Å². The fraction of sp³-hybridized carbons (Fsp3) is 0.800. The van der Waals surface area contributed by atoms with Crippen LogP contribution in [0.2, 0.25) is 0 Å². The first-order valence-corrected chi connectivity index (χ1v) is 6.28. The summed E-state index contributed by atoms with van der Waals surface area (Å²) in [5.41, 5.74) is 0. The maximum atomic E-state index is 5.27. The Balaban J connectivity index is 2.20. The molecule has 0 spiro atoms. The van der Waals surface area contributed by atoms with Crippen LogP contribution >= 0.6 is 11.3 Å². The summed E-state index contributed by atoms with van der Waals surface area (Å²) in [4.78, 5) is 0. The van der Waals surface area contributed by atoms with Gasteiger partial charge in [0.2, 0.25) is 0 Å². The van der Waals surface area contributed by atoms with Crippen molar-refractivity contribution in [3.8, 4) is 0 Å². The maximum absolute atomic E-state index is 5.27. The zero-order chi connectivity index (χ0) is 10.9. The van der Waals surface area contributed by atoms with Gasteiger partial charge in [-0.1, -0.05) is 18.3 Å². The predicted octanol–water partition coefficient (Wildman–Crippen LogP) is 1.62. The van der Waals surface area contributed by atoms with Gasteiger partial charge in [-0.3, -0.25) is 0 Å². The van der Waals surface area contributed by atoms with Gasteiger partial charge in [0.05, 0.1) is 0 Å². The van der Waals surface area contributed by atoms with Crippen molar-refractivity contribution in [2.75, 3.05) is 19.7 Å². The highest BCUT2D eigenvalue weighted by atomic mass is 32.1. The third-order valence-corrected chi connectivity index (χ3v) is 2.84. The summed E-state index contributed by atoms with van der Waals surface area (Å²) in [5, 5.41) is 13.6. The molecule has 0 aliphatic carbocycles. The summed E-state index contributed by atoms with van der Waals surface area (Å²) >= 11 is 1.64. The second-order valence-corrected chi connectivity index (χ2v) is 4.37. The lowest BCUT2D eigenvalue weighted by atomic mass is 10.4. The van der Waals surface area contributed by atoms with Crippen molar-refractivity contribution in [1.82, 2.24) is 15.5 Å². The van der Waals surface area contributed by atoms with Crippen molar-refractivity contribution >= 4 is 11.3 Å². The van der Waals surface area contributed by atoms with E-state index >= 15 is 0 Å². The molecule has 0 aliphatic rings. The molecule has 15 heavy (non-hydrogen) atoms. The Morgan fingerprint density at radius 2 is 2.00 bits per heavy atom. The molecule has 0 fully saturated rings. The number of aromatic nitrogens is 2. The zero-order valence-electron chi connectivity index (χ0n) is 9.45. The number of nitrogens with one attached hydrogen (secondary N) is 1. The van der Waals surface area contributed by atoms with Gasteiger partial charge in [-0.05, 0) is 19.9 Å². The summed E-state index contributed by atoms with van der Waals surface area (Å²) in [6, 6.07) is 0. The Morgan fingerprint density at radius 1 is 1.20 bits per heavy atom. The van der Waals surface area contributed by atoms with E-state index in [2.05, 4.69) is 22.4 Å². The average molecular weight is 229 g/mol. The quantitative estimate of drug-likeness (QED) is 0.688. The Labute approximate surface area is 95.1 Å². The van der Waals surface area contributed by atoms with Gasteiger partial charge in [0.25, 0.3) is 0 Å². The fourth-order valence-electron chi connectivity index (χ4n) is 1.13. The third kappa shape index (κ3) is 5.20. The molecule has 0 radical (unpaired) electrons. The molecule has 1 N–H and O–H groups in total. The van der Waals surface area contributed by atoms with Crippen LogP contribution < -0.4 is 5.32 Å². The molecule has 1 aromatic heterocycles. The maximum Gasteiger partial charge on any atom is 0.143 e. The van der Waals surface area contributed by atoms with Crippen molar-refractivity contribution in [1.29, 1.82) is 0 Å². The van der Waals surface area contributed by atoms with Crippen LogP contribution in [0, 0.1) is 0 Å². The van der Waals surface area contributed by atoms with E-state index in [1.165, 1.54) is 6.42 Å². The minimum Gasteiger partial charge on any atom is -0.374 e. The van der Waals surface area contributed by atoms with Crippen LogP contribution in [-0.4, -0.2) is 29.9 Å². The Kier molecular flexibility index (Phi) is 6.47. The van der Waals surface area contributed by atoms with E-state index in [1.807, 2.05) is 6.92 Å². The van der Waals surface area contributed by atoms with E-state index in [-0.39, 0.29) is 0 Å². The molecule has 0 unspecified atom stereocenters. The van der Waals surface area contributed by atoms with Crippen LogP contribution in [0.25, 0.3) is 0 Å². The summed E-state index contributed by atoms with van der Waals surface area (Å²) in [6.45, 7) is 7.53. The monoisotopic (exact) mass is 229 g/mol. The van der Waals surface area contributed by atoms with Crippen molar-refractivity contribution in [3.05, 3.63) is 10.0 Å². The topological polar surface area (TPSA) is 47.0 Å². The number of ether oxygens (including phenoxy) is 1. The van der Waals surface area contributed by atoms with Gasteiger partial charge in [0.1, 0.15) is 16.6 Å². The fourth-order valence-corrected chi connectivity index (χ4v) is 1.92. The smallest absolute Gasteiger partial charge is 0.143 e. The molecule has 0 atom stereocenters. The van der Waals surface area contributed by atoms with Crippen molar-refractivity contribution < 1.29 is 4.74 Å². The number of rotatable bonds is 8. The molecule has 0 saturated carbocycles. The van der Waals surface area contributed by atoms with Gasteiger partial charge in [0, 0.05) is 19.6 Å². The van der Waals surface area contributed by atoms with Crippen LogP contribution in [0.5, 0.6) is 0 Å². The van der Waals surface area contributed by atoms with Crippen LogP contribution in [0.1, 0.15) is 30.3 Å². The molecular formula is C10H19N3OS. The lowest BCUT2D eigenvalue weighted by molar-refractivity contribution is 0.133. The van der Waals surface area contributed by atoms with E-state index in [1.54, 1.807) is 11.3 Å². The van der Waals surface area contributed by atoms with E-state index < -0.39 is 0 Å². The molecule has 0 saturated heterocycles. The molecule has 4 nitrogen and oxygen atoms in total. The second kappa shape index (κ2) is 7.73. The minimum absolute atomic E-state index is 0.594. The second-order valence-electron chi connectivity index (χ2n) is 3.23. The van der Waals surface area contributed by atoms with Gasteiger partial charge in [-0.25, -0.2) is 0 Å². The summed E-state index contributed by atoms with van der Waals surface area (Å²) < 4.78 is 5.27. The highest BCUT2D eigenvalue weighted by Crippen LogP contribution is 2.10. The van der Waals surface area contributed by atoms with Crippen molar-refractivity contribution in [2.24, 2.45) is 0 Å². The van der Waals surface area contributed by atoms with Gasteiger partial charge in [-0.15, -0.1) is 10.2 Å². The molecule has 1 heterocycles. The number of hydrogen-bond donors (Lipinski definition) is 1. The van der Waals surface area contributed by atoms with Crippen LogP contribution in [-0.2, 0) is 17.8 Å². The minimum atomic E-state index is 0.594. The van der Waals surface area contributed by atoms with Gasteiger partial charge in [-0.2, -0.15) is 0 Å². The van der Waals surface area contributed by atoms with E-state index in [0.717, 1.165) is 36.1 Å².